The first-order valence-corrected chi connectivity index (χ1v) is 11.0. The van der Waals surface area contributed by atoms with Gasteiger partial charge in [-0.2, -0.15) is 4.99 Å². The Labute approximate surface area is 184 Å². The lowest BCUT2D eigenvalue weighted by molar-refractivity contribution is 0.0885. The smallest absolute Gasteiger partial charge is 0.282 e. The molecule has 1 aliphatic heterocycles. The summed E-state index contributed by atoms with van der Waals surface area (Å²) in [6, 6.07) is 7.00. The van der Waals surface area contributed by atoms with Crippen molar-refractivity contribution in [2.45, 2.75) is 51.7 Å². The highest BCUT2D eigenvalue weighted by atomic mass is 79.9. The van der Waals surface area contributed by atoms with Crippen molar-refractivity contribution < 1.29 is 18.7 Å². The second-order valence-corrected chi connectivity index (χ2v) is 9.39. The van der Waals surface area contributed by atoms with Crippen LogP contribution in [0.15, 0.2) is 33.7 Å². The third-order valence-electron chi connectivity index (χ3n) is 5.13. The Kier molecular flexibility index (Phi) is 7.18. The second-order valence-electron chi connectivity index (χ2n) is 8.47. The number of aromatic nitrogens is 2. The molecule has 0 saturated carbocycles. The number of amides is 1. The minimum Gasteiger partial charge on any atom is -0.490 e. The lowest BCUT2D eigenvalue weighted by Gasteiger charge is -2.21. The zero-order valence-electron chi connectivity index (χ0n) is 18.0. The van der Waals surface area contributed by atoms with Crippen molar-refractivity contribution in [3.63, 3.8) is 0 Å². The molecule has 0 spiro atoms. The molecule has 164 valence electrons. The molecule has 2 aromatic rings. The third-order valence-corrected chi connectivity index (χ3v) is 5.63. The maximum absolute atomic E-state index is 13.1. The van der Waals surface area contributed by atoms with Crippen molar-refractivity contribution in [2.24, 2.45) is 12.0 Å². The fraction of sp³-hybridized carbons (Fsp3) is 0.545. The molecule has 0 aliphatic carbocycles. The van der Waals surface area contributed by atoms with Crippen LogP contribution < -0.4 is 10.2 Å². The van der Waals surface area contributed by atoms with Crippen LogP contribution in [0.2, 0.25) is 0 Å². The van der Waals surface area contributed by atoms with Crippen LogP contribution in [0.5, 0.6) is 5.75 Å². The number of benzene rings is 1. The van der Waals surface area contributed by atoms with Crippen LogP contribution in [0.25, 0.3) is 0 Å². The Morgan fingerprint density at radius 2 is 2.13 bits per heavy atom. The van der Waals surface area contributed by atoms with Crippen molar-refractivity contribution in [3.05, 3.63) is 45.5 Å². The van der Waals surface area contributed by atoms with Gasteiger partial charge >= 0.3 is 0 Å². The Balaban J connectivity index is 2.05. The van der Waals surface area contributed by atoms with Crippen LogP contribution in [-0.2, 0) is 23.7 Å². The number of carbonyl (C=O) groups excluding carboxylic acids is 1. The topological polar surface area (TPSA) is 57.8 Å². The van der Waals surface area contributed by atoms with E-state index in [4.69, 9.17) is 9.47 Å². The van der Waals surface area contributed by atoms with Gasteiger partial charge in [0.1, 0.15) is 19.0 Å². The number of carbonyl (C=O) groups is 1. The first-order chi connectivity index (χ1) is 14.2. The SMILES string of the molecule is Cn1c(C(C)(C)C)cc(=NC(=O)c2cc(Br)ccc2OCCF)n1C[C@H]1CCCO1. The summed E-state index contributed by atoms with van der Waals surface area (Å²) >= 11 is 3.38. The van der Waals surface area contributed by atoms with E-state index < -0.39 is 12.6 Å². The van der Waals surface area contributed by atoms with Crippen molar-refractivity contribution in [2.75, 3.05) is 19.9 Å². The quantitative estimate of drug-likeness (QED) is 0.622. The number of hydrogen-bond donors (Lipinski definition) is 0. The molecule has 0 unspecified atom stereocenters. The van der Waals surface area contributed by atoms with Gasteiger partial charge in [0.05, 0.1) is 18.2 Å². The highest BCUT2D eigenvalue weighted by Crippen LogP contribution is 2.25. The molecule has 8 heteroatoms. The number of nitrogens with zero attached hydrogens (tertiary/aromatic N) is 3. The molecule has 2 heterocycles. The van der Waals surface area contributed by atoms with Gasteiger partial charge in [-0.1, -0.05) is 36.7 Å². The van der Waals surface area contributed by atoms with Crippen molar-refractivity contribution in [1.29, 1.82) is 0 Å². The van der Waals surface area contributed by atoms with E-state index in [0.717, 1.165) is 29.6 Å². The molecule has 0 bridgehead atoms. The van der Waals surface area contributed by atoms with Gasteiger partial charge in [0.25, 0.3) is 5.91 Å². The number of alkyl halides is 1. The fourth-order valence-electron chi connectivity index (χ4n) is 3.67. The molecule has 30 heavy (non-hydrogen) atoms. The summed E-state index contributed by atoms with van der Waals surface area (Å²) < 4.78 is 28.6. The largest absolute Gasteiger partial charge is 0.490 e. The maximum atomic E-state index is 13.1. The predicted molar refractivity (Wildman–Crippen MR) is 117 cm³/mol. The van der Waals surface area contributed by atoms with Gasteiger partial charge in [0, 0.05) is 35.3 Å². The molecule has 1 aromatic carbocycles. The molecule has 1 aliphatic rings. The number of rotatable bonds is 6. The number of ether oxygens (including phenoxy) is 2. The maximum Gasteiger partial charge on any atom is 0.282 e. The summed E-state index contributed by atoms with van der Waals surface area (Å²) in [6.07, 6.45) is 2.14. The van der Waals surface area contributed by atoms with Gasteiger partial charge in [-0.15, -0.1) is 0 Å². The minimum atomic E-state index is -0.629. The molecule has 1 fully saturated rings. The first-order valence-electron chi connectivity index (χ1n) is 10.2. The summed E-state index contributed by atoms with van der Waals surface area (Å²) in [6.45, 7) is 7.03. The Morgan fingerprint density at radius 1 is 1.37 bits per heavy atom. The zero-order chi connectivity index (χ0) is 21.9. The number of hydrogen-bond acceptors (Lipinski definition) is 3. The summed E-state index contributed by atoms with van der Waals surface area (Å²) in [7, 11) is 1.98. The van der Waals surface area contributed by atoms with E-state index in [1.165, 1.54) is 0 Å². The van der Waals surface area contributed by atoms with Gasteiger partial charge in [-0.05, 0) is 31.0 Å². The number of halogens is 2. The van der Waals surface area contributed by atoms with Crippen LogP contribution in [0.1, 0.15) is 49.7 Å². The average Bonchev–Trinajstić information content (AvgIpc) is 3.30. The molecule has 0 N–H and O–H groups in total. The summed E-state index contributed by atoms with van der Waals surface area (Å²) in [4.78, 5) is 17.5. The van der Waals surface area contributed by atoms with E-state index in [1.54, 1.807) is 18.2 Å². The van der Waals surface area contributed by atoms with Crippen molar-refractivity contribution in [3.8, 4) is 5.75 Å². The third kappa shape index (κ3) is 5.21. The van der Waals surface area contributed by atoms with Crippen LogP contribution in [0.4, 0.5) is 4.39 Å². The normalized spacial score (nSPS) is 17.5. The van der Waals surface area contributed by atoms with E-state index in [9.17, 15) is 9.18 Å². The molecule has 1 aromatic heterocycles. The van der Waals surface area contributed by atoms with Crippen LogP contribution in [0.3, 0.4) is 0 Å². The van der Waals surface area contributed by atoms with Crippen LogP contribution >= 0.6 is 15.9 Å². The summed E-state index contributed by atoms with van der Waals surface area (Å²) in [5.41, 5.74) is 1.81. The molecule has 0 radical (unpaired) electrons. The standard InChI is InChI=1S/C22H29BrFN3O3/c1-22(2,3)19-13-20(27(26(19)4)14-16-6-5-10-29-16)25-21(28)17-12-15(23)7-8-18(17)30-11-9-24/h7-8,12-13,16H,5-6,9-11,14H2,1-4H3/t16-/m1/s1. The zero-order valence-corrected chi connectivity index (χ0v) is 19.5. The Hall–Kier alpha value is -1.93. The first kappa shape index (κ1) is 22.7. The van der Waals surface area contributed by atoms with E-state index in [-0.39, 0.29) is 18.1 Å². The monoisotopic (exact) mass is 481 g/mol. The van der Waals surface area contributed by atoms with Crippen molar-refractivity contribution in [1.82, 2.24) is 9.36 Å². The lowest BCUT2D eigenvalue weighted by atomic mass is 9.92. The minimum absolute atomic E-state index is 0.106. The predicted octanol–water partition coefficient (Wildman–Crippen LogP) is 4.16. The van der Waals surface area contributed by atoms with Gasteiger partial charge in [0.2, 0.25) is 0 Å². The van der Waals surface area contributed by atoms with E-state index in [0.29, 0.717) is 23.3 Å². The van der Waals surface area contributed by atoms with Crippen LogP contribution in [-0.4, -0.2) is 41.3 Å². The van der Waals surface area contributed by atoms with E-state index in [1.807, 2.05) is 17.8 Å². The Bertz CT molecular complexity index is 969. The van der Waals surface area contributed by atoms with Crippen LogP contribution in [0, 0.1) is 0 Å². The molecule has 1 amide bonds. The molecular formula is C22H29BrFN3O3. The van der Waals surface area contributed by atoms with Gasteiger partial charge in [-0.3, -0.25) is 14.2 Å². The second kappa shape index (κ2) is 9.47. The molecule has 1 saturated heterocycles. The highest BCUT2D eigenvalue weighted by Gasteiger charge is 2.24. The average molecular weight is 482 g/mol. The van der Waals surface area contributed by atoms with Gasteiger partial charge in [0.15, 0.2) is 5.49 Å². The summed E-state index contributed by atoms with van der Waals surface area (Å²) in [5.74, 6) is -0.112. The van der Waals surface area contributed by atoms with Gasteiger partial charge < -0.3 is 9.47 Å². The molecule has 3 rings (SSSR count). The molecule has 1 atom stereocenters. The lowest BCUT2D eigenvalue weighted by Crippen LogP contribution is -2.30. The molecule has 6 nitrogen and oxygen atoms in total. The van der Waals surface area contributed by atoms with Crippen molar-refractivity contribution >= 4 is 21.8 Å². The van der Waals surface area contributed by atoms with Gasteiger partial charge in [-0.25, -0.2) is 4.39 Å². The highest BCUT2D eigenvalue weighted by molar-refractivity contribution is 9.10. The fourth-order valence-corrected chi connectivity index (χ4v) is 4.03. The van der Waals surface area contributed by atoms with E-state index in [2.05, 4.69) is 46.4 Å². The Morgan fingerprint density at radius 3 is 2.77 bits per heavy atom. The molecular weight excluding hydrogens is 453 g/mol. The van der Waals surface area contributed by atoms with E-state index >= 15 is 0 Å². The summed E-state index contributed by atoms with van der Waals surface area (Å²) in [5, 5.41) is 0.